The lowest BCUT2D eigenvalue weighted by atomic mass is 9.81. The average Bonchev–Trinajstić information content (AvgIpc) is 2.40. The first-order valence-corrected chi connectivity index (χ1v) is 5.82. The predicted octanol–water partition coefficient (Wildman–Crippen LogP) is 1.94. The van der Waals surface area contributed by atoms with E-state index in [2.05, 4.69) is 4.74 Å². The SMILES string of the molecule is COC1=C(F)C(C(C=O)C(=O)O)/C(=C\N(C)C)C(F)=C1F. The third kappa shape index (κ3) is 3.09. The van der Waals surface area contributed by atoms with Gasteiger partial charge < -0.3 is 19.5 Å². The lowest BCUT2D eigenvalue weighted by Crippen LogP contribution is -2.31. The van der Waals surface area contributed by atoms with Crippen LogP contribution < -0.4 is 0 Å². The molecule has 2 atom stereocenters. The summed E-state index contributed by atoms with van der Waals surface area (Å²) in [6.45, 7) is 0. The number of allylic oxidation sites excluding steroid dienone is 4. The van der Waals surface area contributed by atoms with Crippen LogP contribution in [-0.2, 0) is 14.3 Å². The number of carboxylic acid groups (broad SMARTS) is 1. The van der Waals surface area contributed by atoms with Gasteiger partial charge in [0.05, 0.1) is 13.0 Å². The molecular weight excluding hydrogens is 291 g/mol. The number of hydrogen-bond acceptors (Lipinski definition) is 4. The smallest absolute Gasteiger partial charge is 0.314 e. The van der Waals surface area contributed by atoms with Crippen molar-refractivity contribution in [2.24, 2.45) is 11.8 Å². The van der Waals surface area contributed by atoms with Gasteiger partial charge in [0.1, 0.15) is 12.2 Å². The van der Waals surface area contributed by atoms with Gasteiger partial charge in [0.2, 0.25) is 5.83 Å². The van der Waals surface area contributed by atoms with Crippen LogP contribution in [0.1, 0.15) is 0 Å². The van der Waals surface area contributed by atoms with Crippen LogP contribution in [0.3, 0.4) is 0 Å². The number of rotatable bonds is 5. The highest BCUT2D eigenvalue weighted by Crippen LogP contribution is 2.44. The van der Waals surface area contributed by atoms with Crippen LogP contribution in [0.25, 0.3) is 0 Å². The van der Waals surface area contributed by atoms with Crippen molar-refractivity contribution in [2.45, 2.75) is 0 Å². The Kier molecular flexibility index (Phi) is 5.17. The van der Waals surface area contributed by atoms with E-state index in [9.17, 15) is 22.8 Å². The minimum atomic E-state index is -1.90. The monoisotopic (exact) mass is 305 g/mol. The van der Waals surface area contributed by atoms with Gasteiger partial charge in [0.15, 0.2) is 17.4 Å². The second kappa shape index (κ2) is 6.47. The molecule has 0 aliphatic heterocycles. The molecule has 0 saturated carbocycles. The summed E-state index contributed by atoms with van der Waals surface area (Å²) in [5, 5.41) is 8.97. The van der Waals surface area contributed by atoms with Gasteiger partial charge in [0.25, 0.3) is 0 Å². The zero-order chi connectivity index (χ0) is 16.3. The van der Waals surface area contributed by atoms with Crippen LogP contribution in [0.15, 0.2) is 35.0 Å². The van der Waals surface area contributed by atoms with Crippen molar-refractivity contribution in [1.29, 1.82) is 0 Å². The van der Waals surface area contributed by atoms with Crippen molar-refractivity contribution in [2.75, 3.05) is 21.2 Å². The predicted molar refractivity (Wildman–Crippen MR) is 66.8 cm³/mol. The first-order chi connectivity index (χ1) is 9.76. The van der Waals surface area contributed by atoms with E-state index in [4.69, 9.17) is 5.11 Å². The normalized spacial score (nSPS) is 22.4. The standard InChI is InChI=1S/C13H14F3NO4/c1-17(2)4-6-8(7(5-18)13(19)20)10(15)12(21-3)11(16)9(6)14/h4-5,7-8H,1-3H3,(H,19,20)/b6-4+. The summed E-state index contributed by atoms with van der Waals surface area (Å²) in [6, 6.07) is 0. The number of carbonyl (C=O) groups excluding carboxylic acids is 1. The number of aldehydes is 1. The van der Waals surface area contributed by atoms with Gasteiger partial charge in [-0.15, -0.1) is 0 Å². The summed E-state index contributed by atoms with van der Waals surface area (Å²) in [5.41, 5.74) is -0.574. The van der Waals surface area contributed by atoms with E-state index in [1.165, 1.54) is 19.0 Å². The average molecular weight is 305 g/mol. The summed E-state index contributed by atoms with van der Waals surface area (Å²) in [4.78, 5) is 23.3. The van der Waals surface area contributed by atoms with Gasteiger partial charge in [-0.3, -0.25) is 4.79 Å². The van der Waals surface area contributed by atoms with Crippen LogP contribution in [0, 0.1) is 11.8 Å². The fraction of sp³-hybridized carbons (Fsp3) is 0.385. The number of carboxylic acids is 1. The van der Waals surface area contributed by atoms with Gasteiger partial charge in [-0.25, -0.2) is 8.78 Å². The van der Waals surface area contributed by atoms with Crippen LogP contribution in [0.5, 0.6) is 0 Å². The fourth-order valence-electron chi connectivity index (χ4n) is 1.98. The number of aliphatic carboxylic acids is 1. The minimum Gasteiger partial charge on any atom is -0.491 e. The number of ether oxygens (including phenoxy) is 1. The molecule has 5 nitrogen and oxygen atoms in total. The molecule has 21 heavy (non-hydrogen) atoms. The molecule has 1 aliphatic rings. The molecular formula is C13H14F3NO4. The molecule has 1 aliphatic carbocycles. The number of methoxy groups -OCH3 is 1. The van der Waals surface area contributed by atoms with E-state index < -0.39 is 46.6 Å². The first-order valence-electron chi connectivity index (χ1n) is 5.82. The van der Waals surface area contributed by atoms with Crippen molar-refractivity contribution in [3.63, 3.8) is 0 Å². The van der Waals surface area contributed by atoms with Crippen molar-refractivity contribution >= 4 is 12.3 Å². The molecule has 0 aromatic rings. The fourth-order valence-corrected chi connectivity index (χ4v) is 1.98. The van der Waals surface area contributed by atoms with E-state index in [0.29, 0.717) is 0 Å². The van der Waals surface area contributed by atoms with Crippen molar-refractivity contribution < 1.29 is 32.6 Å². The largest absolute Gasteiger partial charge is 0.491 e. The second-order valence-corrected chi connectivity index (χ2v) is 4.53. The van der Waals surface area contributed by atoms with Crippen molar-refractivity contribution in [1.82, 2.24) is 4.90 Å². The molecule has 0 saturated heterocycles. The molecule has 1 N–H and O–H groups in total. The number of halogens is 3. The molecule has 0 radical (unpaired) electrons. The zero-order valence-electron chi connectivity index (χ0n) is 11.6. The van der Waals surface area contributed by atoms with E-state index in [1.807, 2.05) is 0 Å². The quantitative estimate of drug-likeness (QED) is 0.621. The number of carbonyl (C=O) groups is 2. The van der Waals surface area contributed by atoms with Crippen LogP contribution in [0.4, 0.5) is 13.2 Å². The summed E-state index contributed by atoms with van der Waals surface area (Å²) in [5.74, 6) is -10.8. The molecule has 0 bridgehead atoms. The van der Waals surface area contributed by atoms with Crippen LogP contribution >= 0.6 is 0 Å². The van der Waals surface area contributed by atoms with Gasteiger partial charge in [0, 0.05) is 25.9 Å². The third-order valence-corrected chi connectivity index (χ3v) is 2.86. The van der Waals surface area contributed by atoms with Crippen LogP contribution in [-0.4, -0.2) is 43.5 Å². The molecule has 0 fully saturated rings. The first kappa shape index (κ1) is 16.8. The summed E-state index contributed by atoms with van der Waals surface area (Å²) in [7, 11) is 3.83. The maximum Gasteiger partial charge on any atom is 0.314 e. The summed E-state index contributed by atoms with van der Waals surface area (Å²) in [6.07, 6.45) is 0.991. The highest BCUT2D eigenvalue weighted by molar-refractivity contribution is 5.88. The van der Waals surface area contributed by atoms with Gasteiger partial charge in [-0.2, -0.15) is 4.39 Å². The Morgan fingerprint density at radius 2 is 1.90 bits per heavy atom. The summed E-state index contributed by atoms with van der Waals surface area (Å²) >= 11 is 0. The van der Waals surface area contributed by atoms with Crippen molar-refractivity contribution in [3.05, 3.63) is 35.0 Å². The van der Waals surface area contributed by atoms with Crippen molar-refractivity contribution in [3.8, 4) is 0 Å². The Balaban J connectivity index is 3.58. The molecule has 0 aromatic carbocycles. The lowest BCUT2D eigenvalue weighted by molar-refractivity contribution is -0.144. The Hall–Kier alpha value is -2.25. The van der Waals surface area contributed by atoms with E-state index in [0.717, 1.165) is 13.3 Å². The molecule has 2 unspecified atom stereocenters. The maximum atomic E-state index is 14.3. The highest BCUT2D eigenvalue weighted by Gasteiger charge is 2.43. The minimum absolute atomic E-state index is 0.0279. The molecule has 0 heterocycles. The molecule has 116 valence electrons. The Morgan fingerprint density at radius 1 is 1.33 bits per heavy atom. The second-order valence-electron chi connectivity index (χ2n) is 4.53. The third-order valence-electron chi connectivity index (χ3n) is 2.86. The maximum absolute atomic E-state index is 14.3. The van der Waals surface area contributed by atoms with Gasteiger partial charge in [-0.05, 0) is 0 Å². The highest BCUT2D eigenvalue weighted by atomic mass is 19.2. The topological polar surface area (TPSA) is 66.8 Å². The van der Waals surface area contributed by atoms with E-state index >= 15 is 0 Å². The molecule has 0 amide bonds. The summed E-state index contributed by atoms with van der Waals surface area (Å²) < 4.78 is 46.5. The molecule has 0 spiro atoms. The molecule has 0 aromatic heterocycles. The molecule has 1 rings (SSSR count). The van der Waals surface area contributed by atoms with Gasteiger partial charge in [-0.1, -0.05) is 0 Å². The Morgan fingerprint density at radius 3 is 2.29 bits per heavy atom. The lowest BCUT2D eigenvalue weighted by Gasteiger charge is -2.27. The molecule has 8 heteroatoms. The van der Waals surface area contributed by atoms with E-state index in [1.54, 1.807) is 0 Å². The zero-order valence-corrected chi connectivity index (χ0v) is 11.6. The Bertz CT molecular complexity index is 552. The van der Waals surface area contributed by atoms with Gasteiger partial charge >= 0.3 is 5.97 Å². The Labute approximate surface area is 119 Å². The number of hydrogen-bond donors (Lipinski definition) is 1. The van der Waals surface area contributed by atoms with E-state index in [-0.39, 0.29) is 6.29 Å². The van der Waals surface area contributed by atoms with Crippen LogP contribution in [0.2, 0.25) is 0 Å². The number of nitrogens with zero attached hydrogens (tertiary/aromatic N) is 1.